The average Bonchev–Trinajstić information content (AvgIpc) is 1.97. The van der Waals surface area contributed by atoms with Crippen LogP contribution in [0.3, 0.4) is 0 Å². The fourth-order valence-corrected chi connectivity index (χ4v) is 0.393. The van der Waals surface area contributed by atoms with Crippen LogP contribution < -0.4 is 0 Å². The highest BCUT2D eigenvalue weighted by atomic mass is 16.5. The summed E-state index contributed by atoms with van der Waals surface area (Å²) in [6.45, 7) is 1.43. The molecule has 0 aromatic rings. The first-order chi connectivity index (χ1) is 5.16. The third-order valence-corrected chi connectivity index (χ3v) is 0.876. The summed E-state index contributed by atoms with van der Waals surface area (Å²) >= 11 is 0. The fraction of sp³-hybridized carbons (Fsp3) is 0.250. The lowest BCUT2D eigenvalue weighted by Gasteiger charge is -1.85. The molecule has 0 unspecified atom stereocenters. The van der Waals surface area contributed by atoms with Crippen molar-refractivity contribution in [3.8, 4) is 0 Å². The van der Waals surface area contributed by atoms with Crippen molar-refractivity contribution in [2.75, 3.05) is 7.11 Å². The van der Waals surface area contributed by atoms with Gasteiger partial charge in [0.2, 0.25) is 0 Å². The molecule has 0 bridgehead atoms. The van der Waals surface area contributed by atoms with Crippen molar-refractivity contribution in [3.05, 3.63) is 24.3 Å². The number of hydrogen-bond acceptors (Lipinski definition) is 3. The molecule has 0 aliphatic carbocycles. The molecular weight excluding hydrogens is 144 g/mol. The van der Waals surface area contributed by atoms with E-state index in [2.05, 4.69) is 4.74 Å². The van der Waals surface area contributed by atoms with Crippen LogP contribution in [-0.4, -0.2) is 18.9 Å². The first-order valence-electron chi connectivity index (χ1n) is 3.10. The zero-order valence-electron chi connectivity index (χ0n) is 6.53. The number of ether oxygens (including phenoxy) is 1. The molecule has 0 aliphatic rings. The summed E-state index contributed by atoms with van der Waals surface area (Å²) in [5.74, 6) is -0.488. The van der Waals surface area contributed by atoms with Gasteiger partial charge in [-0.25, -0.2) is 4.79 Å². The van der Waals surface area contributed by atoms with Gasteiger partial charge in [0, 0.05) is 6.08 Å². The highest BCUT2D eigenvalue weighted by molar-refractivity contribution is 5.88. The Labute approximate surface area is 65.4 Å². The van der Waals surface area contributed by atoms with Gasteiger partial charge in [-0.1, -0.05) is 12.2 Å². The van der Waals surface area contributed by atoms with E-state index in [1.165, 1.54) is 38.3 Å². The summed E-state index contributed by atoms with van der Waals surface area (Å²) in [5.41, 5.74) is 0. The lowest BCUT2D eigenvalue weighted by atomic mass is 10.3. The summed E-state index contributed by atoms with van der Waals surface area (Å²) in [5, 5.41) is 0. The minimum Gasteiger partial charge on any atom is -0.466 e. The molecule has 0 rings (SSSR count). The van der Waals surface area contributed by atoms with Crippen molar-refractivity contribution in [1.29, 1.82) is 0 Å². The molecule has 0 radical (unpaired) electrons. The fourth-order valence-electron chi connectivity index (χ4n) is 0.393. The molecule has 3 nitrogen and oxygen atoms in total. The van der Waals surface area contributed by atoms with Crippen LogP contribution in [0.15, 0.2) is 24.3 Å². The molecule has 0 amide bonds. The van der Waals surface area contributed by atoms with E-state index >= 15 is 0 Å². The van der Waals surface area contributed by atoms with Crippen molar-refractivity contribution in [1.82, 2.24) is 0 Å². The van der Waals surface area contributed by atoms with Crippen molar-refractivity contribution < 1.29 is 14.3 Å². The summed E-state index contributed by atoms with van der Waals surface area (Å²) in [6, 6.07) is 0. The molecule has 0 fully saturated rings. The van der Waals surface area contributed by atoms with Crippen LogP contribution in [0.25, 0.3) is 0 Å². The van der Waals surface area contributed by atoms with E-state index in [0.717, 1.165) is 0 Å². The average molecular weight is 154 g/mol. The standard InChI is InChI=1S/C8H10O3/c1-7(9)5-3-4-6-8(10)11-2/h3-6H,1-2H3/b5-3-,6-4-. The van der Waals surface area contributed by atoms with Crippen LogP contribution >= 0.6 is 0 Å². The number of methoxy groups -OCH3 is 1. The Hall–Kier alpha value is -1.38. The Kier molecular flexibility index (Phi) is 4.73. The van der Waals surface area contributed by atoms with Crippen LogP contribution in [0.2, 0.25) is 0 Å². The van der Waals surface area contributed by atoms with Crippen LogP contribution in [-0.2, 0) is 14.3 Å². The number of hydrogen-bond donors (Lipinski definition) is 0. The highest BCUT2D eigenvalue weighted by Gasteiger charge is 1.86. The third kappa shape index (κ3) is 6.51. The maximum absolute atomic E-state index is 10.4. The van der Waals surface area contributed by atoms with E-state index < -0.39 is 5.97 Å². The minimum absolute atomic E-state index is 0.0560. The second-order valence-corrected chi connectivity index (χ2v) is 1.85. The molecule has 0 saturated carbocycles. The second kappa shape index (κ2) is 5.41. The Morgan fingerprint density at radius 3 is 2.18 bits per heavy atom. The molecule has 0 heterocycles. The normalized spacial score (nSPS) is 10.7. The Morgan fingerprint density at radius 1 is 1.18 bits per heavy atom. The van der Waals surface area contributed by atoms with Gasteiger partial charge >= 0.3 is 5.97 Å². The van der Waals surface area contributed by atoms with Crippen molar-refractivity contribution in [2.24, 2.45) is 0 Å². The lowest BCUT2D eigenvalue weighted by molar-refractivity contribution is -0.134. The molecule has 0 N–H and O–H groups in total. The van der Waals surface area contributed by atoms with E-state index in [9.17, 15) is 9.59 Å². The maximum Gasteiger partial charge on any atom is 0.330 e. The van der Waals surface area contributed by atoms with Crippen LogP contribution in [0.4, 0.5) is 0 Å². The van der Waals surface area contributed by atoms with Gasteiger partial charge < -0.3 is 4.74 Å². The largest absolute Gasteiger partial charge is 0.466 e. The van der Waals surface area contributed by atoms with Gasteiger partial charge in [0.05, 0.1) is 7.11 Å². The zero-order valence-corrected chi connectivity index (χ0v) is 6.53. The van der Waals surface area contributed by atoms with Crippen LogP contribution in [0.1, 0.15) is 6.92 Å². The van der Waals surface area contributed by atoms with Crippen molar-refractivity contribution >= 4 is 11.8 Å². The van der Waals surface area contributed by atoms with Gasteiger partial charge in [0.25, 0.3) is 0 Å². The molecule has 0 aliphatic heterocycles. The molecule has 0 saturated heterocycles. The third-order valence-electron chi connectivity index (χ3n) is 0.876. The molecule has 0 atom stereocenters. The van der Waals surface area contributed by atoms with Crippen molar-refractivity contribution in [3.63, 3.8) is 0 Å². The molecule has 0 aromatic heterocycles. The summed E-state index contributed by atoms with van der Waals surface area (Å²) in [4.78, 5) is 20.7. The quantitative estimate of drug-likeness (QED) is 0.344. The molecular formula is C8H10O3. The molecule has 11 heavy (non-hydrogen) atoms. The molecule has 0 spiro atoms. The maximum atomic E-state index is 10.4. The predicted molar refractivity (Wildman–Crippen MR) is 41.0 cm³/mol. The topological polar surface area (TPSA) is 43.4 Å². The summed E-state index contributed by atoms with van der Waals surface area (Å²) in [6.07, 6.45) is 5.53. The van der Waals surface area contributed by atoms with Crippen LogP contribution in [0, 0.1) is 0 Å². The zero-order chi connectivity index (χ0) is 8.69. The Balaban J connectivity index is 3.77. The molecule has 0 aromatic carbocycles. The first-order valence-corrected chi connectivity index (χ1v) is 3.10. The van der Waals surface area contributed by atoms with Gasteiger partial charge in [-0.15, -0.1) is 0 Å². The van der Waals surface area contributed by atoms with E-state index in [0.29, 0.717) is 0 Å². The lowest BCUT2D eigenvalue weighted by Crippen LogP contribution is -1.92. The van der Waals surface area contributed by atoms with Crippen LogP contribution in [0.5, 0.6) is 0 Å². The van der Waals surface area contributed by atoms with Gasteiger partial charge in [0.1, 0.15) is 0 Å². The number of carbonyl (C=O) groups excluding carboxylic acids is 2. The van der Waals surface area contributed by atoms with Gasteiger partial charge in [-0.3, -0.25) is 4.79 Å². The van der Waals surface area contributed by atoms with E-state index in [4.69, 9.17) is 0 Å². The smallest absolute Gasteiger partial charge is 0.330 e. The minimum atomic E-state index is -0.432. The van der Waals surface area contributed by atoms with Crippen molar-refractivity contribution in [2.45, 2.75) is 6.92 Å². The highest BCUT2D eigenvalue weighted by Crippen LogP contribution is 1.81. The first kappa shape index (κ1) is 9.62. The number of rotatable bonds is 3. The van der Waals surface area contributed by atoms with Gasteiger partial charge in [0.15, 0.2) is 5.78 Å². The summed E-state index contributed by atoms with van der Waals surface area (Å²) in [7, 11) is 1.29. The van der Waals surface area contributed by atoms with E-state index in [-0.39, 0.29) is 5.78 Å². The number of carbonyl (C=O) groups is 2. The SMILES string of the molecule is COC(=O)/C=C\C=C/C(C)=O. The van der Waals surface area contributed by atoms with Gasteiger partial charge in [-0.2, -0.15) is 0 Å². The van der Waals surface area contributed by atoms with Gasteiger partial charge in [-0.05, 0) is 13.0 Å². The summed E-state index contributed by atoms with van der Waals surface area (Å²) < 4.78 is 4.31. The number of esters is 1. The van der Waals surface area contributed by atoms with E-state index in [1.807, 2.05) is 0 Å². The monoisotopic (exact) mass is 154 g/mol. The predicted octanol–water partition coefficient (Wildman–Crippen LogP) is 0.861. The Bertz CT molecular complexity index is 201. The Morgan fingerprint density at radius 2 is 1.73 bits per heavy atom. The number of ketones is 1. The number of allylic oxidation sites excluding steroid dienone is 3. The molecule has 3 heteroatoms. The molecule has 60 valence electrons. The second-order valence-electron chi connectivity index (χ2n) is 1.85. The van der Waals surface area contributed by atoms with E-state index in [1.54, 1.807) is 0 Å².